The third-order valence-electron chi connectivity index (χ3n) is 5.39. The molecule has 0 fully saturated rings. The van der Waals surface area contributed by atoms with Gasteiger partial charge in [0.25, 0.3) is 0 Å². The van der Waals surface area contributed by atoms with Crippen molar-refractivity contribution in [2.45, 2.75) is 24.7 Å². The Morgan fingerprint density at radius 1 is 1.00 bits per heavy atom. The van der Waals surface area contributed by atoms with Crippen LogP contribution in [0.25, 0.3) is 11.1 Å². The lowest BCUT2D eigenvalue weighted by Gasteiger charge is -2.25. The van der Waals surface area contributed by atoms with Crippen LogP contribution in [0.4, 0.5) is 16.2 Å². The molecule has 3 aromatic carbocycles. The summed E-state index contributed by atoms with van der Waals surface area (Å²) in [5, 5.41) is 17.1. The van der Waals surface area contributed by atoms with Gasteiger partial charge in [-0.05, 0) is 49.2 Å². The smallest absolute Gasteiger partial charge is 0.340 e. The van der Waals surface area contributed by atoms with E-state index in [-0.39, 0.29) is 36.3 Å². The number of sulfonamides is 1. The molecule has 11 nitrogen and oxygen atoms in total. The highest BCUT2D eigenvalue weighted by Gasteiger charge is 2.17. The zero-order valence-corrected chi connectivity index (χ0v) is 21.6. The molecule has 3 aromatic rings. The molecule has 3 rings (SSSR count). The second kappa shape index (κ2) is 12.7. The molecule has 0 saturated carbocycles. The Labute approximate surface area is 221 Å². The fourth-order valence-electron chi connectivity index (χ4n) is 3.61. The zero-order valence-electron chi connectivity index (χ0n) is 20.8. The minimum Gasteiger partial charge on any atom is -0.466 e. The molecular formula is C26H30N6O5S. The molecule has 0 saturated heterocycles. The topological polar surface area (TPSA) is 181 Å². The number of amidine groups is 1. The van der Waals surface area contributed by atoms with Crippen molar-refractivity contribution in [3.05, 3.63) is 78.4 Å². The third kappa shape index (κ3) is 7.79. The number of hydrogen-bond donors (Lipinski definition) is 5. The van der Waals surface area contributed by atoms with Crippen molar-refractivity contribution in [1.82, 2.24) is 5.01 Å². The first-order chi connectivity index (χ1) is 18.1. The summed E-state index contributed by atoms with van der Waals surface area (Å²) in [7, 11) is -3.92. The van der Waals surface area contributed by atoms with Crippen LogP contribution in [0.1, 0.15) is 25.3 Å². The number of carbonyl (C=O) groups is 2. The van der Waals surface area contributed by atoms with Crippen molar-refractivity contribution in [2.75, 3.05) is 23.9 Å². The van der Waals surface area contributed by atoms with E-state index < -0.39 is 16.1 Å². The molecule has 0 aliphatic heterocycles. The molecule has 0 atom stereocenters. The molecule has 0 heterocycles. The van der Waals surface area contributed by atoms with Gasteiger partial charge >= 0.3 is 12.0 Å². The van der Waals surface area contributed by atoms with E-state index in [0.717, 1.165) is 0 Å². The second-order valence-corrected chi connectivity index (χ2v) is 9.75. The van der Waals surface area contributed by atoms with Crippen molar-refractivity contribution >= 4 is 39.2 Å². The molecule has 0 unspecified atom stereocenters. The second-order valence-electron chi connectivity index (χ2n) is 8.22. The van der Waals surface area contributed by atoms with Crippen LogP contribution in [0.15, 0.2) is 77.7 Å². The number of nitrogens with two attached hydrogens (primary N) is 2. The minimum absolute atomic E-state index is 0.00144. The Morgan fingerprint density at radius 3 is 2.37 bits per heavy atom. The Morgan fingerprint density at radius 2 is 1.71 bits per heavy atom. The lowest BCUT2D eigenvalue weighted by Crippen LogP contribution is -2.40. The van der Waals surface area contributed by atoms with E-state index in [2.05, 4.69) is 10.7 Å². The van der Waals surface area contributed by atoms with Crippen molar-refractivity contribution < 1.29 is 22.7 Å². The van der Waals surface area contributed by atoms with E-state index in [9.17, 15) is 18.0 Å². The molecule has 38 heavy (non-hydrogen) atoms. The van der Waals surface area contributed by atoms with E-state index in [4.69, 9.17) is 21.0 Å². The summed E-state index contributed by atoms with van der Waals surface area (Å²) in [5.74, 6) is -0.474. The third-order valence-corrected chi connectivity index (χ3v) is 6.36. The summed E-state index contributed by atoms with van der Waals surface area (Å²) in [5.41, 5.74) is 11.1. The summed E-state index contributed by atoms with van der Waals surface area (Å²) in [4.78, 5) is 24.9. The van der Waals surface area contributed by atoms with E-state index >= 15 is 0 Å². The Hall–Kier alpha value is -4.42. The summed E-state index contributed by atoms with van der Waals surface area (Å²) >= 11 is 0. The molecule has 0 bridgehead atoms. The van der Waals surface area contributed by atoms with Gasteiger partial charge in [0.2, 0.25) is 10.0 Å². The number of amides is 2. The van der Waals surface area contributed by atoms with Gasteiger partial charge in [-0.2, -0.15) is 0 Å². The van der Waals surface area contributed by atoms with Crippen LogP contribution in [0.5, 0.6) is 0 Å². The molecule has 0 aliphatic rings. The fourth-order valence-corrected chi connectivity index (χ4v) is 4.37. The highest BCUT2D eigenvalue weighted by atomic mass is 32.2. The van der Waals surface area contributed by atoms with Crippen LogP contribution in [0.2, 0.25) is 0 Å². The maximum Gasteiger partial charge on any atom is 0.340 e. The average molecular weight is 539 g/mol. The zero-order chi connectivity index (χ0) is 27.7. The first kappa shape index (κ1) is 28.2. The molecule has 200 valence electrons. The monoisotopic (exact) mass is 538 g/mol. The van der Waals surface area contributed by atoms with Gasteiger partial charge in [0.15, 0.2) is 0 Å². The fraction of sp³-hybridized carbons (Fsp3) is 0.192. The molecule has 0 radical (unpaired) electrons. The normalized spacial score (nSPS) is 10.9. The first-order valence-electron chi connectivity index (χ1n) is 11.8. The van der Waals surface area contributed by atoms with Gasteiger partial charge in [-0.25, -0.2) is 23.4 Å². The van der Waals surface area contributed by atoms with Gasteiger partial charge in [0.1, 0.15) is 5.84 Å². The predicted molar refractivity (Wildman–Crippen MR) is 146 cm³/mol. The van der Waals surface area contributed by atoms with Crippen LogP contribution in [-0.4, -0.2) is 44.4 Å². The van der Waals surface area contributed by atoms with E-state index in [1.54, 1.807) is 73.7 Å². The van der Waals surface area contributed by atoms with Gasteiger partial charge < -0.3 is 15.8 Å². The van der Waals surface area contributed by atoms with Gasteiger partial charge in [-0.15, -0.1) is 0 Å². The van der Waals surface area contributed by atoms with Crippen molar-refractivity contribution in [1.29, 1.82) is 5.41 Å². The number of urea groups is 1. The summed E-state index contributed by atoms with van der Waals surface area (Å²) < 4.78 is 28.9. The highest BCUT2D eigenvalue weighted by molar-refractivity contribution is 7.89. The number of carbonyl (C=O) groups excluding carboxylic acids is 2. The quantitative estimate of drug-likeness (QED) is 0.107. The molecular weight excluding hydrogens is 508 g/mol. The number of hydrazine groups is 1. The number of ether oxygens (including phenoxy) is 1. The number of hydrogen-bond acceptors (Lipinski definition) is 7. The number of rotatable bonds is 11. The predicted octanol–water partition coefficient (Wildman–Crippen LogP) is 3.49. The van der Waals surface area contributed by atoms with Crippen molar-refractivity contribution in [3.8, 4) is 11.1 Å². The Balaban J connectivity index is 1.77. The maximum atomic E-state index is 13.2. The van der Waals surface area contributed by atoms with E-state index in [0.29, 0.717) is 34.5 Å². The molecule has 2 amide bonds. The summed E-state index contributed by atoms with van der Waals surface area (Å²) in [6, 6.07) is 19.2. The number of benzene rings is 3. The standard InChI is InChI=1S/C26H30N6O5S/c1-2-37-24(33)11-6-16-32(31-21-8-5-7-19(17-21)25(27)28)26(34)30-20-14-12-18(13-15-20)22-9-3-4-10-23(22)38(29,35)36/h3-5,7-10,12-15,17,31H,2,6,11,16H2,1H3,(H3,27,28)(H,30,34)(H2,29,35,36). The molecule has 0 aromatic heterocycles. The van der Waals surface area contributed by atoms with Crippen LogP contribution in [0.3, 0.4) is 0 Å². The Bertz CT molecular complexity index is 1410. The lowest BCUT2D eigenvalue weighted by atomic mass is 10.1. The van der Waals surface area contributed by atoms with Crippen molar-refractivity contribution in [2.24, 2.45) is 10.9 Å². The molecule has 0 aliphatic carbocycles. The van der Waals surface area contributed by atoms with Crippen LogP contribution >= 0.6 is 0 Å². The average Bonchev–Trinajstić information content (AvgIpc) is 2.88. The lowest BCUT2D eigenvalue weighted by molar-refractivity contribution is -0.143. The number of primary sulfonamides is 1. The van der Waals surface area contributed by atoms with Crippen LogP contribution < -0.4 is 21.6 Å². The van der Waals surface area contributed by atoms with Crippen LogP contribution in [0, 0.1) is 5.41 Å². The number of nitrogens with zero attached hydrogens (tertiary/aromatic N) is 1. The van der Waals surface area contributed by atoms with Gasteiger partial charge in [0, 0.05) is 29.8 Å². The number of esters is 1. The minimum atomic E-state index is -3.92. The number of nitrogen functional groups attached to an aromatic ring is 1. The highest BCUT2D eigenvalue weighted by Crippen LogP contribution is 2.27. The number of nitrogens with one attached hydrogen (secondary N) is 3. The van der Waals surface area contributed by atoms with E-state index in [1.807, 2.05) is 0 Å². The van der Waals surface area contributed by atoms with Gasteiger partial charge in [0.05, 0.1) is 17.2 Å². The van der Waals surface area contributed by atoms with E-state index in [1.165, 1.54) is 11.1 Å². The molecule has 0 spiro atoms. The maximum absolute atomic E-state index is 13.2. The molecule has 12 heteroatoms. The Kier molecular flexibility index (Phi) is 9.41. The molecule has 7 N–H and O–H groups in total. The van der Waals surface area contributed by atoms with Crippen LogP contribution in [-0.2, 0) is 19.6 Å². The first-order valence-corrected chi connectivity index (χ1v) is 13.3. The van der Waals surface area contributed by atoms with Crippen molar-refractivity contribution in [3.63, 3.8) is 0 Å². The van der Waals surface area contributed by atoms with Gasteiger partial charge in [-0.1, -0.05) is 42.5 Å². The van der Waals surface area contributed by atoms with Gasteiger partial charge in [-0.3, -0.25) is 15.6 Å². The number of anilines is 2. The SMILES string of the molecule is CCOC(=O)CCCN(Nc1cccc(C(=N)N)c1)C(=O)Nc1ccc(-c2ccccc2S(N)(=O)=O)cc1. The summed E-state index contributed by atoms with van der Waals surface area (Å²) in [6.07, 6.45) is 0.472. The summed E-state index contributed by atoms with van der Waals surface area (Å²) in [6.45, 7) is 2.17. The largest absolute Gasteiger partial charge is 0.466 e.